The predicted molar refractivity (Wildman–Crippen MR) is 148 cm³/mol. The molecule has 1 fully saturated rings. The lowest BCUT2D eigenvalue weighted by Gasteiger charge is -2.30. The monoisotopic (exact) mass is 520 g/mol. The Labute approximate surface area is 220 Å². The largest absolute Gasteiger partial charge is 0.497 e. The minimum Gasteiger partial charge on any atom is -0.497 e. The molecule has 1 aliphatic rings. The summed E-state index contributed by atoms with van der Waals surface area (Å²) >= 11 is 1.36. The van der Waals surface area contributed by atoms with Crippen molar-refractivity contribution < 1.29 is 13.5 Å². The summed E-state index contributed by atoms with van der Waals surface area (Å²) in [5.41, 5.74) is 4.98. The molecular weight excluding hydrogens is 490 g/mol. The average Bonchev–Trinajstić information content (AvgIpc) is 2.94. The number of piperidine rings is 1. The highest BCUT2D eigenvalue weighted by molar-refractivity contribution is 7.98. The molecule has 0 radical (unpaired) electrons. The van der Waals surface area contributed by atoms with Crippen LogP contribution in [0.4, 0.5) is 8.78 Å². The smallest absolute Gasteiger partial charge is 0.123 e. The van der Waals surface area contributed by atoms with Crippen molar-refractivity contribution in [3.63, 3.8) is 0 Å². The Morgan fingerprint density at radius 3 is 2.00 bits per heavy atom. The van der Waals surface area contributed by atoms with Crippen LogP contribution >= 0.6 is 11.9 Å². The van der Waals surface area contributed by atoms with Crippen molar-refractivity contribution in [1.29, 1.82) is 0 Å². The molecule has 4 rings (SSSR count). The molecule has 3 aromatic carbocycles. The Morgan fingerprint density at radius 2 is 1.49 bits per heavy atom. The summed E-state index contributed by atoms with van der Waals surface area (Å²) in [4.78, 5) is 3.38. The summed E-state index contributed by atoms with van der Waals surface area (Å²) in [5, 5.41) is 3.90. The molecule has 3 aromatic rings. The van der Waals surface area contributed by atoms with Crippen molar-refractivity contribution in [2.45, 2.75) is 24.2 Å². The maximum atomic E-state index is 13.6. The lowest BCUT2D eigenvalue weighted by molar-refractivity contribution is 0.264. The fraction of sp³-hybridized carbons (Fsp3) is 0.241. The number of hydrogen-bond acceptors (Lipinski definition) is 6. The molecule has 0 aliphatic carbocycles. The van der Waals surface area contributed by atoms with Gasteiger partial charge in [-0.3, -0.25) is 0 Å². The number of ether oxygens (including phenoxy) is 1. The summed E-state index contributed by atoms with van der Waals surface area (Å²) in [6, 6.07) is 20.7. The number of halogens is 2. The molecule has 0 atom stereocenters. The van der Waals surface area contributed by atoms with Gasteiger partial charge in [0.25, 0.3) is 0 Å². The molecule has 2 N–H and O–H groups in total. The standard InChI is InChI=1S/C29H30F2N4OS/c1-36-27-10-12-28(13-11-27)37-33-20-26(34-32)16-19-35-17-14-23(15-18-35)29(21-2-6-24(30)7-3-21)22-4-8-25(31)9-5-22/h2-13,20H,14-19,32H2,1H3. The van der Waals surface area contributed by atoms with Crippen LogP contribution in [0.5, 0.6) is 5.75 Å². The third-order valence-electron chi connectivity index (χ3n) is 6.35. The minimum absolute atomic E-state index is 0.273. The number of hydrazone groups is 1. The van der Waals surface area contributed by atoms with Gasteiger partial charge in [0, 0.05) is 42.9 Å². The molecule has 0 unspecified atom stereocenters. The second kappa shape index (κ2) is 13.2. The number of benzene rings is 3. The van der Waals surface area contributed by atoms with Crippen LogP contribution < -0.4 is 10.6 Å². The van der Waals surface area contributed by atoms with Gasteiger partial charge in [-0.25, -0.2) is 13.2 Å². The molecule has 1 aliphatic heterocycles. The lowest BCUT2D eigenvalue weighted by Crippen LogP contribution is -2.33. The molecular formula is C29H30F2N4OS. The fourth-order valence-corrected chi connectivity index (χ4v) is 4.88. The first-order valence-electron chi connectivity index (χ1n) is 12.1. The highest BCUT2D eigenvalue weighted by atomic mass is 32.2. The molecule has 0 bridgehead atoms. The van der Waals surface area contributed by atoms with Crippen molar-refractivity contribution in [2.24, 2.45) is 15.3 Å². The SMILES string of the molecule is COc1ccc(SN=CC(CCN2CCC(=C(c3ccc(F)cc3)c3ccc(F)cc3)CC2)=NN)cc1. The number of nitrogens with zero attached hydrogens (tertiary/aromatic N) is 3. The van der Waals surface area contributed by atoms with E-state index < -0.39 is 0 Å². The van der Waals surface area contributed by atoms with E-state index in [-0.39, 0.29) is 11.6 Å². The molecule has 1 saturated heterocycles. The van der Waals surface area contributed by atoms with Crippen LogP contribution in [-0.2, 0) is 0 Å². The van der Waals surface area contributed by atoms with Crippen LogP contribution in [0, 0.1) is 11.6 Å². The van der Waals surface area contributed by atoms with Crippen molar-refractivity contribution in [2.75, 3.05) is 26.7 Å². The molecule has 0 saturated carbocycles. The van der Waals surface area contributed by atoms with Crippen LogP contribution in [-0.4, -0.2) is 43.6 Å². The molecule has 1 heterocycles. The van der Waals surface area contributed by atoms with Gasteiger partial charge in [0.1, 0.15) is 17.4 Å². The molecule has 5 nitrogen and oxygen atoms in total. The van der Waals surface area contributed by atoms with Gasteiger partial charge in [-0.2, -0.15) is 5.10 Å². The Bertz CT molecular complexity index is 1200. The number of nitrogens with two attached hydrogens (primary N) is 1. The zero-order valence-electron chi connectivity index (χ0n) is 20.7. The van der Waals surface area contributed by atoms with E-state index in [0.717, 1.165) is 65.5 Å². The third-order valence-corrected chi connectivity index (χ3v) is 7.04. The van der Waals surface area contributed by atoms with Crippen molar-refractivity contribution >= 4 is 29.4 Å². The second-order valence-electron chi connectivity index (χ2n) is 8.71. The van der Waals surface area contributed by atoms with Gasteiger partial charge < -0.3 is 15.5 Å². The van der Waals surface area contributed by atoms with Gasteiger partial charge in [0.15, 0.2) is 0 Å². The molecule has 0 aromatic heterocycles. The first-order chi connectivity index (χ1) is 18.1. The van der Waals surface area contributed by atoms with E-state index >= 15 is 0 Å². The zero-order valence-corrected chi connectivity index (χ0v) is 21.6. The molecule has 0 spiro atoms. The van der Waals surface area contributed by atoms with E-state index in [1.54, 1.807) is 37.6 Å². The average molecular weight is 521 g/mol. The summed E-state index contributed by atoms with van der Waals surface area (Å²) in [6.45, 7) is 2.60. The van der Waals surface area contributed by atoms with Crippen LogP contribution in [0.3, 0.4) is 0 Å². The third kappa shape index (κ3) is 7.50. The molecule has 37 heavy (non-hydrogen) atoms. The number of methoxy groups -OCH3 is 1. The van der Waals surface area contributed by atoms with E-state index in [0.29, 0.717) is 6.42 Å². The van der Waals surface area contributed by atoms with Crippen molar-refractivity contribution in [3.8, 4) is 5.75 Å². The van der Waals surface area contributed by atoms with Crippen molar-refractivity contribution in [1.82, 2.24) is 4.90 Å². The molecule has 8 heteroatoms. The topological polar surface area (TPSA) is 63.2 Å². The fourth-order valence-electron chi connectivity index (χ4n) is 4.32. The minimum atomic E-state index is -0.273. The van der Waals surface area contributed by atoms with Crippen LogP contribution in [0.2, 0.25) is 0 Å². The van der Waals surface area contributed by atoms with Gasteiger partial charge >= 0.3 is 0 Å². The summed E-state index contributed by atoms with van der Waals surface area (Å²) in [5.74, 6) is 5.87. The first-order valence-corrected chi connectivity index (χ1v) is 12.9. The van der Waals surface area contributed by atoms with Gasteiger partial charge in [-0.05, 0) is 78.1 Å². The van der Waals surface area contributed by atoms with Crippen LogP contribution in [0.1, 0.15) is 30.4 Å². The Kier molecular flexibility index (Phi) is 9.46. The van der Waals surface area contributed by atoms with E-state index in [1.807, 2.05) is 24.3 Å². The highest BCUT2D eigenvalue weighted by Crippen LogP contribution is 2.32. The predicted octanol–water partition coefficient (Wildman–Crippen LogP) is 6.35. The van der Waals surface area contributed by atoms with Gasteiger partial charge in [-0.1, -0.05) is 29.8 Å². The zero-order chi connectivity index (χ0) is 26.0. The van der Waals surface area contributed by atoms with E-state index in [1.165, 1.54) is 41.8 Å². The maximum Gasteiger partial charge on any atom is 0.123 e. The van der Waals surface area contributed by atoms with Crippen molar-refractivity contribution in [3.05, 3.63) is 101 Å². The summed E-state index contributed by atoms with van der Waals surface area (Å²) in [6.07, 6.45) is 4.16. The van der Waals surface area contributed by atoms with E-state index in [2.05, 4.69) is 14.4 Å². The number of likely N-dealkylation sites (tertiary alicyclic amines) is 1. The van der Waals surface area contributed by atoms with Crippen LogP contribution in [0.25, 0.3) is 5.57 Å². The molecule has 192 valence electrons. The van der Waals surface area contributed by atoms with E-state index in [9.17, 15) is 8.78 Å². The first kappa shape index (κ1) is 26.6. The van der Waals surface area contributed by atoms with Gasteiger partial charge in [0.05, 0.1) is 19.0 Å². The number of rotatable bonds is 9. The van der Waals surface area contributed by atoms with Crippen LogP contribution in [0.15, 0.2) is 92.8 Å². The highest BCUT2D eigenvalue weighted by Gasteiger charge is 2.19. The Hall–Kier alpha value is -3.49. The Morgan fingerprint density at radius 1 is 0.919 bits per heavy atom. The lowest BCUT2D eigenvalue weighted by atomic mass is 9.88. The van der Waals surface area contributed by atoms with E-state index in [4.69, 9.17) is 10.6 Å². The van der Waals surface area contributed by atoms with Gasteiger partial charge in [0.2, 0.25) is 0 Å². The maximum absolute atomic E-state index is 13.6. The normalized spacial score (nSPS) is 14.8. The quantitative estimate of drug-likeness (QED) is 0.154. The Balaban J connectivity index is 1.36. The summed E-state index contributed by atoms with van der Waals surface area (Å²) < 4.78 is 36.7. The molecule has 0 amide bonds. The summed E-state index contributed by atoms with van der Waals surface area (Å²) in [7, 11) is 1.64. The number of hydrogen-bond donors (Lipinski definition) is 1. The van der Waals surface area contributed by atoms with Gasteiger partial charge in [-0.15, -0.1) is 0 Å². The second-order valence-corrected chi connectivity index (χ2v) is 9.57.